The van der Waals surface area contributed by atoms with Gasteiger partial charge in [0.15, 0.2) is 0 Å². The van der Waals surface area contributed by atoms with Crippen LogP contribution in [0.4, 0.5) is 0 Å². The summed E-state index contributed by atoms with van der Waals surface area (Å²) >= 11 is 1.34. The fourth-order valence-electron chi connectivity index (χ4n) is 1.50. The lowest BCUT2D eigenvalue weighted by atomic mass is 10.0. The fraction of sp³-hybridized carbons (Fsp3) is 0.364. The van der Waals surface area contributed by atoms with E-state index >= 15 is 0 Å². The van der Waals surface area contributed by atoms with Crippen molar-refractivity contribution in [1.29, 1.82) is 0 Å². The number of ketones is 2. The molecule has 0 bridgehead atoms. The van der Waals surface area contributed by atoms with Crippen LogP contribution in [0.15, 0.2) is 17.2 Å². The van der Waals surface area contributed by atoms with Crippen molar-refractivity contribution in [3.05, 3.63) is 28.4 Å². The molecule has 0 amide bonds. The Balaban J connectivity index is 2.05. The highest BCUT2D eigenvalue weighted by molar-refractivity contribution is 8.04. The predicted molar refractivity (Wildman–Crippen MR) is 64.3 cm³/mol. The van der Waals surface area contributed by atoms with Crippen LogP contribution >= 0.6 is 11.8 Å². The van der Waals surface area contributed by atoms with Gasteiger partial charge < -0.3 is 4.74 Å². The zero-order valence-corrected chi connectivity index (χ0v) is 10.2. The number of nitrogens with one attached hydrogen (secondary N) is 1. The molecule has 2 rings (SSSR count). The predicted octanol–water partition coefficient (Wildman–Crippen LogP) is 1.44. The number of nitrogens with zero attached hydrogens (tertiary/aromatic N) is 1. The van der Waals surface area contributed by atoms with E-state index in [1.54, 1.807) is 0 Å². The van der Waals surface area contributed by atoms with Gasteiger partial charge in [-0.05, 0) is 6.92 Å². The van der Waals surface area contributed by atoms with Gasteiger partial charge in [0.2, 0.25) is 11.6 Å². The minimum atomic E-state index is -0.198. The van der Waals surface area contributed by atoms with Crippen molar-refractivity contribution >= 4 is 23.3 Å². The summed E-state index contributed by atoms with van der Waals surface area (Å²) in [5.41, 5.74) is 0.639. The SMILES string of the molecule is CCOCCSC1=CC(=O)c2[nH]ncc2C1=O. The van der Waals surface area contributed by atoms with Crippen LogP contribution < -0.4 is 0 Å². The van der Waals surface area contributed by atoms with Crippen molar-refractivity contribution in [2.45, 2.75) is 6.92 Å². The van der Waals surface area contributed by atoms with E-state index in [0.717, 1.165) is 0 Å². The molecule has 1 aromatic heterocycles. The molecule has 1 heterocycles. The second-order valence-corrected chi connectivity index (χ2v) is 4.54. The number of carbonyl (C=O) groups excluding carboxylic acids is 2. The van der Waals surface area contributed by atoms with E-state index in [1.807, 2.05) is 6.92 Å². The summed E-state index contributed by atoms with van der Waals surface area (Å²) in [6.45, 7) is 3.13. The maximum absolute atomic E-state index is 11.9. The van der Waals surface area contributed by atoms with E-state index in [0.29, 0.717) is 29.4 Å². The molecule has 5 nitrogen and oxygen atoms in total. The minimum Gasteiger partial charge on any atom is -0.381 e. The average molecular weight is 252 g/mol. The highest BCUT2D eigenvalue weighted by Gasteiger charge is 2.27. The zero-order chi connectivity index (χ0) is 12.3. The maximum Gasteiger partial charge on any atom is 0.205 e. The summed E-state index contributed by atoms with van der Waals surface area (Å²) in [5, 5.41) is 6.25. The van der Waals surface area contributed by atoms with E-state index in [1.165, 1.54) is 24.0 Å². The fourth-order valence-corrected chi connectivity index (χ4v) is 2.35. The van der Waals surface area contributed by atoms with Crippen LogP contribution in [0.5, 0.6) is 0 Å². The summed E-state index contributed by atoms with van der Waals surface area (Å²) in [6, 6.07) is 0. The molecule has 0 radical (unpaired) electrons. The Kier molecular flexibility index (Phi) is 3.75. The van der Waals surface area contributed by atoms with Gasteiger partial charge in [0.05, 0.1) is 23.3 Å². The van der Waals surface area contributed by atoms with Crippen LogP contribution in [0.25, 0.3) is 0 Å². The van der Waals surface area contributed by atoms with Gasteiger partial charge in [-0.3, -0.25) is 14.7 Å². The number of Topliss-reactive ketones (excluding diaryl/α,β-unsaturated/α-hetero) is 1. The molecular formula is C11H12N2O3S. The second kappa shape index (κ2) is 5.29. The smallest absolute Gasteiger partial charge is 0.205 e. The van der Waals surface area contributed by atoms with Crippen LogP contribution in [0.2, 0.25) is 0 Å². The molecular weight excluding hydrogens is 240 g/mol. The molecule has 17 heavy (non-hydrogen) atoms. The molecule has 0 aromatic carbocycles. The first-order valence-electron chi connectivity index (χ1n) is 5.28. The van der Waals surface area contributed by atoms with Gasteiger partial charge in [-0.2, -0.15) is 5.10 Å². The quantitative estimate of drug-likeness (QED) is 0.803. The van der Waals surface area contributed by atoms with E-state index in [9.17, 15) is 9.59 Å². The molecule has 1 aliphatic rings. The Morgan fingerprint density at radius 1 is 1.47 bits per heavy atom. The van der Waals surface area contributed by atoms with Crippen molar-refractivity contribution in [3.63, 3.8) is 0 Å². The number of fused-ring (bicyclic) bond motifs is 1. The van der Waals surface area contributed by atoms with Gasteiger partial charge >= 0.3 is 0 Å². The highest BCUT2D eigenvalue weighted by Crippen LogP contribution is 2.26. The van der Waals surface area contributed by atoms with Crippen molar-refractivity contribution in [2.75, 3.05) is 19.0 Å². The Morgan fingerprint density at radius 2 is 2.29 bits per heavy atom. The largest absolute Gasteiger partial charge is 0.381 e. The van der Waals surface area contributed by atoms with Crippen molar-refractivity contribution in [1.82, 2.24) is 10.2 Å². The van der Waals surface area contributed by atoms with Crippen LogP contribution in [0.3, 0.4) is 0 Å². The standard InChI is InChI=1S/C11H12N2O3S/c1-2-16-3-4-17-9-5-8(14)10-7(11(9)15)6-12-13-10/h5-6H,2-4H2,1H3,(H,12,13). The Morgan fingerprint density at radius 3 is 3.06 bits per heavy atom. The first kappa shape index (κ1) is 12.1. The molecule has 0 spiro atoms. The van der Waals surface area contributed by atoms with Crippen molar-refractivity contribution in [2.24, 2.45) is 0 Å². The summed E-state index contributed by atoms with van der Waals surface area (Å²) in [5.74, 6) is 0.317. The third-order valence-corrected chi connectivity index (χ3v) is 3.29. The lowest BCUT2D eigenvalue weighted by molar-refractivity contribution is 0.0989. The lowest BCUT2D eigenvalue weighted by Gasteiger charge is -2.10. The van der Waals surface area contributed by atoms with Gasteiger partial charge in [0, 0.05) is 18.4 Å². The van der Waals surface area contributed by atoms with Gasteiger partial charge in [-0.15, -0.1) is 11.8 Å². The van der Waals surface area contributed by atoms with E-state index < -0.39 is 0 Å². The lowest BCUT2D eigenvalue weighted by Crippen LogP contribution is -2.15. The molecule has 0 aliphatic heterocycles. The highest BCUT2D eigenvalue weighted by atomic mass is 32.2. The minimum absolute atomic E-state index is 0.144. The third-order valence-electron chi connectivity index (χ3n) is 2.31. The number of hydrogen-bond acceptors (Lipinski definition) is 5. The van der Waals surface area contributed by atoms with Crippen molar-refractivity contribution in [3.8, 4) is 0 Å². The summed E-state index contributed by atoms with van der Waals surface area (Å²) < 4.78 is 5.18. The molecule has 0 unspecified atom stereocenters. The van der Waals surface area contributed by atoms with Crippen LogP contribution in [0, 0.1) is 0 Å². The molecule has 1 N–H and O–H groups in total. The van der Waals surface area contributed by atoms with Gasteiger partial charge in [-0.25, -0.2) is 0 Å². The number of ether oxygens (including phenoxy) is 1. The number of aromatic nitrogens is 2. The topological polar surface area (TPSA) is 72.1 Å². The Labute approximate surface area is 103 Å². The zero-order valence-electron chi connectivity index (χ0n) is 9.36. The maximum atomic E-state index is 11.9. The van der Waals surface area contributed by atoms with Crippen LogP contribution in [-0.4, -0.2) is 40.7 Å². The Bertz CT molecular complexity index is 479. The first-order chi connectivity index (χ1) is 8.24. The van der Waals surface area contributed by atoms with Crippen LogP contribution in [-0.2, 0) is 4.74 Å². The number of H-pyrrole nitrogens is 1. The number of thioether (sulfide) groups is 1. The number of carbonyl (C=O) groups is 2. The van der Waals surface area contributed by atoms with Gasteiger partial charge in [-0.1, -0.05) is 0 Å². The second-order valence-electron chi connectivity index (χ2n) is 3.41. The third kappa shape index (κ3) is 2.48. The van der Waals surface area contributed by atoms with E-state index in [4.69, 9.17) is 4.74 Å². The van der Waals surface area contributed by atoms with Gasteiger partial charge in [0.25, 0.3) is 0 Å². The Hall–Kier alpha value is -1.40. The number of rotatable bonds is 5. The number of allylic oxidation sites excluding steroid dienone is 2. The first-order valence-corrected chi connectivity index (χ1v) is 6.27. The molecule has 1 aromatic rings. The van der Waals surface area contributed by atoms with Gasteiger partial charge in [0.1, 0.15) is 5.69 Å². The molecule has 0 fully saturated rings. The van der Waals surface area contributed by atoms with E-state index in [2.05, 4.69) is 10.2 Å². The molecule has 1 aliphatic carbocycles. The average Bonchev–Trinajstić information content (AvgIpc) is 2.80. The number of hydrogen-bond donors (Lipinski definition) is 1. The van der Waals surface area contributed by atoms with Crippen molar-refractivity contribution < 1.29 is 14.3 Å². The monoisotopic (exact) mass is 252 g/mol. The summed E-state index contributed by atoms with van der Waals surface area (Å²) in [4.78, 5) is 24.1. The molecule has 0 saturated heterocycles. The normalized spacial score (nSPS) is 14.8. The summed E-state index contributed by atoms with van der Waals surface area (Å²) in [7, 11) is 0. The van der Waals surface area contributed by atoms with E-state index in [-0.39, 0.29) is 17.3 Å². The molecule has 6 heteroatoms. The molecule has 90 valence electrons. The summed E-state index contributed by atoms with van der Waals surface area (Å²) in [6.07, 6.45) is 2.76. The number of aromatic amines is 1. The van der Waals surface area contributed by atoms with Crippen LogP contribution in [0.1, 0.15) is 27.8 Å². The molecule has 0 saturated carbocycles. The molecule has 0 atom stereocenters.